The standard InChI is InChI=1S/C14H16N2O3/c1-4-19-14(18)12-8-15-16(13(12)17)11-6-5-9(2)10(3)7-11/h5-8,12H,4H2,1-3H3. The zero-order chi connectivity index (χ0) is 14.0. The van der Waals surface area contributed by atoms with Gasteiger partial charge >= 0.3 is 5.97 Å². The number of hydrogen-bond donors (Lipinski definition) is 0. The third-order valence-corrected chi connectivity index (χ3v) is 3.08. The Kier molecular flexibility index (Phi) is 3.64. The van der Waals surface area contributed by atoms with Crippen LogP contribution in [0.1, 0.15) is 18.1 Å². The van der Waals surface area contributed by atoms with Gasteiger partial charge in [0.25, 0.3) is 5.91 Å². The Hall–Kier alpha value is -2.17. The summed E-state index contributed by atoms with van der Waals surface area (Å²) in [4.78, 5) is 23.7. The van der Waals surface area contributed by atoms with E-state index in [1.165, 1.54) is 11.2 Å². The lowest BCUT2D eigenvalue weighted by atomic mass is 10.1. The smallest absolute Gasteiger partial charge is 0.324 e. The van der Waals surface area contributed by atoms with E-state index < -0.39 is 11.9 Å². The van der Waals surface area contributed by atoms with Gasteiger partial charge in [0.1, 0.15) is 0 Å². The van der Waals surface area contributed by atoms with Gasteiger partial charge in [0, 0.05) is 6.21 Å². The molecule has 100 valence electrons. The third-order valence-electron chi connectivity index (χ3n) is 3.08. The van der Waals surface area contributed by atoms with E-state index in [2.05, 4.69) is 5.10 Å². The van der Waals surface area contributed by atoms with Gasteiger partial charge in [-0.1, -0.05) is 6.07 Å². The van der Waals surface area contributed by atoms with E-state index in [1.807, 2.05) is 32.0 Å². The highest BCUT2D eigenvalue weighted by Crippen LogP contribution is 2.24. The number of rotatable bonds is 3. The van der Waals surface area contributed by atoms with E-state index in [4.69, 9.17) is 4.74 Å². The molecule has 0 spiro atoms. The maximum atomic E-state index is 12.1. The van der Waals surface area contributed by atoms with Gasteiger partial charge in [-0.2, -0.15) is 10.1 Å². The van der Waals surface area contributed by atoms with Gasteiger partial charge in [0.15, 0.2) is 5.92 Å². The summed E-state index contributed by atoms with van der Waals surface area (Å²) in [7, 11) is 0. The quantitative estimate of drug-likeness (QED) is 0.615. The summed E-state index contributed by atoms with van der Waals surface area (Å²) in [5.41, 5.74) is 2.87. The third kappa shape index (κ3) is 2.50. The molecule has 5 heteroatoms. The Balaban J connectivity index is 2.20. The molecule has 0 N–H and O–H groups in total. The number of ether oxygens (including phenoxy) is 1. The summed E-state index contributed by atoms with van der Waals surface area (Å²) < 4.78 is 4.85. The van der Waals surface area contributed by atoms with Crippen LogP contribution in [0.2, 0.25) is 0 Å². The van der Waals surface area contributed by atoms with Crippen LogP contribution in [-0.4, -0.2) is 24.7 Å². The molecule has 0 radical (unpaired) electrons. The van der Waals surface area contributed by atoms with E-state index in [0.717, 1.165) is 11.1 Å². The fourth-order valence-electron chi connectivity index (χ4n) is 1.83. The van der Waals surface area contributed by atoms with Gasteiger partial charge in [-0.15, -0.1) is 0 Å². The molecule has 0 saturated carbocycles. The summed E-state index contributed by atoms with van der Waals surface area (Å²) in [5, 5.41) is 5.24. The molecule has 1 aromatic rings. The Morgan fingerprint density at radius 3 is 2.74 bits per heavy atom. The van der Waals surface area contributed by atoms with Gasteiger partial charge in [0.2, 0.25) is 0 Å². The summed E-state index contributed by atoms with van der Waals surface area (Å²) in [6.07, 6.45) is 1.33. The molecular formula is C14H16N2O3. The molecule has 19 heavy (non-hydrogen) atoms. The Morgan fingerprint density at radius 1 is 1.37 bits per heavy atom. The second kappa shape index (κ2) is 5.22. The summed E-state index contributed by atoms with van der Waals surface area (Å²) in [5.74, 6) is -1.86. The second-order valence-electron chi connectivity index (χ2n) is 4.41. The van der Waals surface area contributed by atoms with Gasteiger partial charge < -0.3 is 4.74 Å². The van der Waals surface area contributed by atoms with Crippen molar-refractivity contribution in [2.24, 2.45) is 11.0 Å². The van der Waals surface area contributed by atoms with Crippen molar-refractivity contribution in [3.63, 3.8) is 0 Å². The van der Waals surface area contributed by atoms with Gasteiger partial charge in [0.05, 0.1) is 12.3 Å². The number of amides is 1. The van der Waals surface area contributed by atoms with Gasteiger partial charge in [-0.3, -0.25) is 9.59 Å². The van der Waals surface area contributed by atoms with Crippen molar-refractivity contribution in [3.8, 4) is 0 Å². The average Bonchev–Trinajstić information content (AvgIpc) is 2.75. The van der Waals surface area contributed by atoms with Crippen molar-refractivity contribution in [2.75, 3.05) is 11.6 Å². The van der Waals surface area contributed by atoms with Crippen LogP contribution >= 0.6 is 0 Å². The van der Waals surface area contributed by atoms with Crippen LogP contribution in [0.3, 0.4) is 0 Å². The molecule has 2 rings (SSSR count). The van der Waals surface area contributed by atoms with Crippen LogP contribution < -0.4 is 5.01 Å². The van der Waals surface area contributed by atoms with Crippen LogP contribution in [0.4, 0.5) is 5.69 Å². The number of carbonyl (C=O) groups is 2. The number of hydrogen-bond acceptors (Lipinski definition) is 4. The molecule has 1 unspecified atom stereocenters. The molecule has 0 aromatic heterocycles. The van der Waals surface area contributed by atoms with Crippen molar-refractivity contribution in [1.29, 1.82) is 0 Å². The second-order valence-corrected chi connectivity index (χ2v) is 4.41. The maximum absolute atomic E-state index is 12.1. The number of nitrogens with zero attached hydrogens (tertiary/aromatic N) is 2. The lowest BCUT2D eigenvalue weighted by Crippen LogP contribution is -2.32. The lowest BCUT2D eigenvalue weighted by Gasteiger charge is -2.15. The monoisotopic (exact) mass is 260 g/mol. The van der Waals surface area contributed by atoms with Crippen LogP contribution in [-0.2, 0) is 14.3 Å². The van der Waals surface area contributed by atoms with E-state index in [9.17, 15) is 9.59 Å². The van der Waals surface area contributed by atoms with E-state index >= 15 is 0 Å². The zero-order valence-electron chi connectivity index (χ0n) is 11.2. The molecule has 1 heterocycles. The largest absolute Gasteiger partial charge is 0.465 e. The highest BCUT2D eigenvalue weighted by molar-refractivity contribution is 6.19. The Labute approximate surface area is 111 Å². The number of esters is 1. The Morgan fingerprint density at radius 2 is 2.11 bits per heavy atom. The molecule has 1 aromatic carbocycles. The normalized spacial score (nSPS) is 17.9. The van der Waals surface area contributed by atoms with Crippen LogP contribution in [0, 0.1) is 19.8 Å². The van der Waals surface area contributed by atoms with E-state index in [-0.39, 0.29) is 12.5 Å². The number of anilines is 1. The van der Waals surface area contributed by atoms with Crippen LogP contribution in [0.25, 0.3) is 0 Å². The highest BCUT2D eigenvalue weighted by Gasteiger charge is 2.36. The minimum atomic E-state index is -0.929. The molecule has 0 fully saturated rings. The average molecular weight is 260 g/mol. The minimum Gasteiger partial charge on any atom is -0.465 e. The molecule has 5 nitrogen and oxygen atoms in total. The van der Waals surface area contributed by atoms with Crippen LogP contribution in [0.15, 0.2) is 23.3 Å². The topological polar surface area (TPSA) is 59.0 Å². The fourth-order valence-corrected chi connectivity index (χ4v) is 1.83. The number of aryl methyl sites for hydroxylation is 2. The van der Waals surface area contributed by atoms with Gasteiger partial charge in [-0.05, 0) is 44.0 Å². The predicted molar refractivity (Wildman–Crippen MR) is 72.0 cm³/mol. The predicted octanol–water partition coefficient (Wildman–Crippen LogP) is 1.82. The molecule has 1 aliphatic heterocycles. The lowest BCUT2D eigenvalue weighted by molar-refractivity contribution is -0.147. The van der Waals surface area contributed by atoms with Crippen molar-refractivity contribution in [3.05, 3.63) is 29.3 Å². The Bertz CT molecular complexity index is 552. The first-order valence-corrected chi connectivity index (χ1v) is 6.16. The van der Waals surface area contributed by atoms with Crippen molar-refractivity contribution in [1.82, 2.24) is 0 Å². The highest BCUT2D eigenvalue weighted by atomic mass is 16.5. The molecule has 1 aliphatic rings. The molecular weight excluding hydrogens is 244 g/mol. The first kappa shape index (κ1) is 13.3. The molecule has 1 atom stereocenters. The summed E-state index contributed by atoms with van der Waals surface area (Å²) >= 11 is 0. The molecule has 0 saturated heterocycles. The number of benzene rings is 1. The molecule has 0 aliphatic carbocycles. The first-order valence-electron chi connectivity index (χ1n) is 6.16. The molecule has 1 amide bonds. The number of hydrazone groups is 1. The summed E-state index contributed by atoms with van der Waals surface area (Å²) in [6, 6.07) is 5.61. The van der Waals surface area contributed by atoms with Crippen LogP contribution in [0.5, 0.6) is 0 Å². The SMILES string of the molecule is CCOC(=O)C1C=NN(c2ccc(C)c(C)c2)C1=O. The minimum absolute atomic E-state index is 0.250. The van der Waals surface area contributed by atoms with Crippen molar-refractivity contribution in [2.45, 2.75) is 20.8 Å². The fraction of sp³-hybridized carbons (Fsp3) is 0.357. The van der Waals surface area contributed by atoms with E-state index in [1.54, 1.807) is 6.92 Å². The van der Waals surface area contributed by atoms with Crippen molar-refractivity contribution < 1.29 is 14.3 Å². The van der Waals surface area contributed by atoms with Crippen molar-refractivity contribution >= 4 is 23.8 Å². The first-order chi connectivity index (χ1) is 9.04. The summed E-state index contributed by atoms with van der Waals surface area (Å²) in [6.45, 7) is 5.91. The van der Waals surface area contributed by atoms with E-state index in [0.29, 0.717) is 5.69 Å². The van der Waals surface area contributed by atoms with Gasteiger partial charge in [-0.25, -0.2) is 0 Å². The number of carbonyl (C=O) groups excluding carboxylic acids is 2. The molecule has 0 bridgehead atoms. The zero-order valence-corrected chi connectivity index (χ0v) is 11.2. The maximum Gasteiger partial charge on any atom is 0.324 e.